The largest absolute Gasteiger partial charge is 0.433 e. The molecule has 96 valence electrons. The second kappa shape index (κ2) is 5.12. The van der Waals surface area contributed by atoms with Crippen LogP contribution in [0.25, 0.3) is 0 Å². The number of nitriles is 1. The van der Waals surface area contributed by atoms with Gasteiger partial charge in [0.05, 0.1) is 16.4 Å². The maximum absolute atomic E-state index is 9.18. The summed E-state index contributed by atoms with van der Waals surface area (Å²) in [7, 11) is 0. The fourth-order valence-electron chi connectivity index (χ4n) is 1.52. The first-order valence-corrected chi connectivity index (χ1v) is 5.88. The van der Waals surface area contributed by atoms with Crippen molar-refractivity contribution >= 4 is 17.3 Å². The third kappa shape index (κ3) is 2.44. The van der Waals surface area contributed by atoms with Crippen LogP contribution in [-0.4, -0.2) is 10.2 Å². The smallest absolute Gasteiger partial charge is 0.257 e. The minimum absolute atomic E-state index is 0.102. The highest BCUT2D eigenvalue weighted by Gasteiger charge is 2.15. The number of anilines is 1. The molecule has 0 saturated carbocycles. The summed E-state index contributed by atoms with van der Waals surface area (Å²) in [6, 6.07) is 7.06. The SMILES string of the molecule is Cc1nnc(Oc2c(N)cccc2Cl)c(C#N)c1C. The van der Waals surface area contributed by atoms with Gasteiger partial charge >= 0.3 is 0 Å². The molecule has 1 heterocycles. The minimum Gasteiger partial charge on any atom is -0.433 e. The summed E-state index contributed by atoms with van der Waals surface area (Å²) >= 11 is 6.01. The van der Waals surface area contributed by atoms with E-state index in [0.29, 0.717) is 22.0 Å². The lowest BCUT2D eigenvalue weighted by molar-refractivity contribution is 0.454. The Hall–Kier alpha value is -2.32. The quantitative estimate of drug-likeness (QED) is 0.851. The topological polar surface area (TPSA) is 84.8 Å². The number of para-hydroxylation sites is 1. The van der Waals surface area contributed by atoms with Crippen LogP contribution in [0, 0.1) is 25.2 Å². The molecule has 0 aliphatic carbocycles. The molecule has 6 heteroatoms. The van der Waals surface area contributed by atoms with Gasteiger partial charge in [0, 0.05) is 0 Å². The Morgan fingerprint density at radius 2 is 2.05 bits per heavy atom. The molecule has 1 aromatic carbocycles. The molecule has 0 fully saturated rings. The van der Waals surface area contributed by atoms with E-state index in [1.165, 1.54) is 0 Å². The van der Waals surface area contributed by atoms with Crippen LogP contribution in [0.15, 0.2) is 18.2 Å². The molecular weight excluding hydrogens is 264 g/mol. The van der Waals surface area contributed by atoms with Crippen molar-refractivity contribution in [1.82, 2.24) is 10.2 Å². The molecule has 0 saturated heterocycles. The Bertz CT molecular complexity index is 659. The molecule has 0 bridgehead atoms. The van der Waals surface area contributed by atoms with Crippen LogP contribution in [0.3, 0.4) is 0 Å². The van der Waals surface area contributed by atoms with Crippen LogP contribution in [0.1, 0.15) is 16.8 Å². The highest BCUT2D eigenvalue weighted by molar-refractivity contribution is 6.32. The van der Waals surface area contributed by atoms with Gasteiger partial charge in [0.2, 0.25) is 0 Å². The first kappa shape index (κ1) is 13.1. The van der Waals surface area contributed by atoms with Gasteiger partial charge in [-0.2, -0.15) is 10.4 Å². The fourth-order valence-corrected chi connectivity index (χ4v) is 1.74. The molecule has 2 rings (SSSR count). The molecule has 0 atom stereocenters. The number of nitrogens with two attached hydrogens (primary N) is 1. The van der Waals surface area contributed by atoms with Gasteiger partial charge in [0.15, 0.2) is 5.75 Å². The maximum atomic E-state index is 9.18. The number of aryl methyl sites for hydroxylation is 1. The predicted molar refractivity (Wildman–Crippen MR) is 72.2 cm³/mol. The van der Waals surface area contributed by atoms with E-state index in [2.05, 4.69) is 16.3 Å². The highest BCUT2D eigenvalue weighted by atomic mass is 35.5. The number of ether oxygens (including phenoxy) is 1. The van der Waals surface area contributed by atoms with E-state index in [1.807, 2.05) is 0 Å². The molecule has 0 radical (unpaired) electrons. The second-order valence-electron chi connectivity index (χ2n) is 3.96. The zero-order chi connectivity index (χ0) is 14.0. The van der Waals surface area contributed by atoms with Crippen LogP contribution in [0.5, 0.6) is 11.6 Å². The summed E-state index contributed by atoms with van der Waals surface area (Å²) in [6.45, 7) is 3.56. The van der Waals surface area contributed by atoms with E-state index >= 15 is 0 Å². The zero-order valence-electron chi connectivity index (χ0n) is 10.4. The van der Waals surface area contributed by atoms with Crippen LogP contribution in [-0.2, 0) is 0 Å². The summed E-state index contributed by atoms with van der Waals surface area (Å²) in [5.74, 6) is 0.378. The van der Waals surface area contributed by atoms with E-state index in [9.17, 15) is 5.26 Å². The molecule has 0 aliphatic heterocycles. The first-order valence-electron chi connectivity index (χ1n) is 5.50. The molecule has 5 nitrogen and oxygen atoms in total. The number of nitrogen functional groups attached to an aromatic ring is 1. The lowest BCUT2D eigenvalue weighted by Gasteiger charge is -2.11. The molecule has 0 aliphatic rings. The van der Waals surface area contributed by atoms with E-state index in [0.717, 1.165) is 5.56 Å². The van der Waals surface area contributed by atoms with E-state index in [-0.39, 0.29) is 11.6 Å². The Morgan fingerprint density at radius 1 is 1.32 bits per heavy atom. The second-order valence-corrected chi connectivity index (χ2v) is 4.37. The van der Waals surface area contributed by atoms with Crippen molar-refractivity contribution in [2.24, 2.45) is 0 Å². The van der Waals surface area contributed by atoms with Crippen LogP contribution in [0.4, 0.5) is 5.69 Å². The monoisotopic (exact) mass is 274 g/mol. The summed E-state index contributed by atoms with van der Waals surface area (Å²) in [5.41, 5.74) is 7.88. The highest BCUT2D eigenvalue weighted by Crippen LogP contribution is 2.35. The van der Waals surface area contributed by atoms with Crippen LogP contribution < -0.4 is 10.5 Å². The van der Waals surface area contributed by atoms with Crippen molar-refractivity contribution in [1.29, 1.82) is 5.26 Å². The van der Waals surface area contributed by atoms with Gasteiger partial charge in [-0.05, 0) is 31.5 Å². The van der Waals surface area contributed by atoms with Crippen molar-refractivity contribution in [3.05, 3.63) is 40.0 Å². The third-order valence-electron chi connectivity index (χ3n) is 2.73. The van der Waals surface area contributed by atoms with Gasteiger partial charge in [-0.25, -0.2) is 0 Å². The van der Waals surface area contributed by atoms with Crippen molar-refractivity contribution in [3.63, 3.8) is 0 Å². The molecular formula is C13H11ClN4O. The summed E-state index contributed by atoms with van der Waals surface area (Å²) in [6.07, 6.45) is 0. The third-order valence-corrected chi connectivity index (χ3v) is 3.03. The Balaban J connectivity index is 2.51. The number of rotatable bonds is 2. The summed E-state index contributed by atoms with van der Waals surface area (Å²) in [4.78, 5) is 0. The van der Waals surface area contributed by atoms with Gasteiger partial charge in [0.25, 0.3) is 5.88 Å². The minimum atomic E-state index is 0.102. The number of aromatic nitrogens is 2. The average molecular weight is 275 g/mol. The molecule has 0 unspecified atom stereocenters. The van der Waals surface area contributed by atoms with Gasteiger partial charge < -0.3 is 10.5 Å². The molecule has 0 spiro atoms. The van der Waals surface area contributed by atoms with E-state index < -0.39 is 0 Å². The Kier molecular flexibility index (Phi) is 3.54. The molecule has 1 aromatic heterocycles. The first-order chi connectivity index (χ1) is 9.04. The number of hydrogen-bond donors (Lipinski definition) is 1. The molecule has 2 N–H and O–H groups in total. The molecule has 2 aromatic rings. The molecule has 19 heavy (non-hydrogen) atoms. The maximum Gasteiger partial charge on any atom is 0.257 e. The van der Waals surface area contributed by atoms with Gasteiger partial charge in [-0.15, -0.1) is 5.10 Å². The predicted octanol–water partition coefficient (Wildman–Crippen LogP) is 2.99. The summed E-state index contributed by atoms with van der Waals surface area (Å²) in [5, 5.41) is 17.3. The van der Waals surface area contributed by atoms with Gasteiger partial charge in [-0.3, -0.25) is 0 Å². The summed E-state index contributed by atoms with van der Waals surface area (Å²) < 4.78 is 5.54. The molecule has 0 amide bonds. The number of halogens is 1. The van der Waals surface area contributed by atoms with E-state index in [1.54, 1.807) is 32.0 Å². The van der Waals surface area contributed by atoms with Crippen LogP contribution in [0.2, 0.25) is 5.02 Å². The van der Waals surface area contributed by atoms with Crippen molar-refractivity contribution < 1.29 is 4.74 Å². The van der Waals surface area contributed by atoms with Gasteiger partial charge in [-0.1, -0.05) is 17.7 Å². The van der Waals surface area contributed by atoms with Crippen molar-refractivity contribution in [2.45, 2.75) is 13.8 Å². The number of benzene rings is 1. The Morgan fingerprint density at radius 3 is 2.68 bits per heavy atom. The van der Waals surface area contributed by atoms with Crippen LogP contribution >= 0.6 is 11.6 Å². The van der Waals surface area contributed by atoms with E-state index in [4.69, 9.17) is 22.1 Å². The lowest BCUT2D eigenvalue weighted by atomic mass is 10.1. The van der Waals surface area contributed by atoms with Crippen molar-refractivity contribution in [3.8, 4) is 17.7 Å². The fraction of sp³-hybridized carbons (Fsp3) is 0.154. The normalized spacial score (nSPS) is 10.0. The standard InChI is InChI=1S/C13H11ClN4O/c1-7-8(2)17-18-13(9(7)6-15)19-12-10(14)4-3-5-11(12)16/h3-5H,16H2,1-2H3. The lowest BCUT2D eigenvalue weighted by Crippen LogP contribution is -2.02. The number of hydrogen-bond acceptors (Lipinski definition) is 5. The average Bonchev–Trinajstić information content (AvgIpc) is 2.38. The number of nitrogens with zero attached hydrogens (tertiary/aromatic N) is 3. The zero-order valence-corrected chi connectivity index (χ0v) is 11.2. The Labute approximate surface area is 115 Å². The van der Waals surface area contributed by atoms with Gasteiger partial charge in [0.1, 0.15) is 11.6 Å². The van der Waals surface area contributed by atoms with Crippen molar-refractivity contribution in [2.75, 3.05) is 5.73 Å².